The Hall–Kier alpha value is -3.22. The highest BCUT2D eigenvalue weighted by Crippen LogP contribution is 2.53. The van der Waals surface area contributed by atoms with Crippen LogP contribution in [0.4, 0.5) is 11.4 Å². The average molecular weight is 555 g/mol. The summed E-state index contributed by atoms with van der Waals surface area (Å²) in [6.07, 6.45) is 0. The van der Waals surface area contributed by atoms with Crippen LogP contribution in [0.5, 0.6) is 11.5 Å². The smallest absolute Gasteiger partial charge is 0.128 e. The molecule has 1 unspecified atom stereocenters. The van der Waals surface area contributed by atoms with Crippen molar-refractivity contribution in [1.82, 2.24) is 9.80 Å². The van der Waals surface area contributed by atoms with Gasteiger partial charge < -0.3 is 19.3 Å². The number of hydrogen-bond donors (Lipinski definition) is 0. The number of ether oxygens (including phenoxy) is 2. The fourth-order valence-corrected chi connectivity index (χ4v) is 7.36. The number of hydrogen-bond acceptors (Lipinski definition) is 6. The molecule has 3 heterocycles. The summed E-state index contributed by atoms with van der Waals surface area (Å²) in [5, 5.41) is 0. The molecule has 0 aliphatic carbocycles. The molecule has 0 aromatic heterocycles. The SMILES string of the molecule is COc1ccc(N2CCN(c3c(C)c(C)c4c(c3C)C(N3CCN(Cc5ccccc5)CC3)C(C)(C)O4)CC2)cc1. The van der Waals surface area contributed by atoms with Crippen molar-refractivity contribution in [2.45, 2.75) is 52.8 Å². The van der Waals surface area contributed by atoms with E-state index in [1.165, 1.54) is 39.2 Å². The molecular formula is C35H46N4O2. The highest BCUT2D eigenvalue weighted by Gasteiger charge is 2.48. The number of fused-ring (bicyclic) bond motifs is 1. The van der Waals surface area contributed by atoms with Crippen molar-refractivity contribution < 1.29 is 9.47 Å². The van der Waals surface area contributed by atoms with Crippen molar-refractivity contribution in [3.05, 3.63) is 82.4 Å². The Labute approximate surface area is 246 Å². The molecule has 2 saturated heterocycles. The normalized spacial score (nSPS) is 21.1. The van der Waals surface area contributed by atoms with E-state index in [-0.39, 0.29) is 11.6 Å². The van der Waals surface area contributed by atoms with Gasteiger partial charge in [-0.3, -0.25) is 9.80 Å². The average Bonchev–Trinajstić information content (AvgIpc) is 3.29. The Bertz CT molecular complexity index is 1360. The van der Waals surface area contributed by atoms with Crippen LogP contribution in [0, 0.1) is 20.8 Å². The monoisotopic (exact) mass is 554 g/mol. The zero-order valence-corrected chi connectivity index (χ0v) is 25.7. The molecule has 3 aliphatic heterocycles. The summed E-state index contributed by atoms with van der Waals surface area (Å²) in [5.74, 6) is 2.03. The van der Waals surface area contributed by atoms with Gasteiger partial charge in [0, 0.05) is 75.8 Å². The minimum atomic E-state index is -0.266. The Morgan fingerprint density at radius 3 is 2.02 bits per heavy atom. The van der Waals surface area contributed by atoms with E-state index >= 15 is 0 Å². The third kappa shape index (κ3) is 5.28. The maximum absolute atomic E-state index is 6.82. The van der Waals surface area contributed by atoms with Gasteiger partial charge in [0.2, 0.25) is 0 Å². The molecular weight excluding hydrogens is 508 g/mol. The lowest BCUT2D eigenvalue weighted by molar-refractivity contribution is 0.00218. The van der Waals surface area contributed by atoms with Gasteiger partial charge in [0.15, 0.2) is 0 Å². The van der Waals surface area contributed by atoms with Crippen LogP contribution in [0.25, 0.3) is 0 Å². The topological polar surface area (TPSA) is 31.4 Å². The maximum atomic E-state index is 6.82. The second-order valence-electron chi connectivity index (χ2n) is 12.5. The molecule has 0 N–H and O–H groups in total. The van der Waals surface area contributed by atoms with Crippen molar-refractivity contribution in [3.8, 4) is 11.5 Å². The van der Waals surface area contributed by atoms with Gasteiger partial charge >= 0.3 is 0 Å². The number of anilines is 2. The molecule has 0 saturated carbocycles. The van der Waals surface area contributed by atoms with Gasteiger partial charge in [-0.25, -0.2) is 0 Å². The minimum Gasteiger partial charge on any atom is -0.497 e. The van der Waals surface area contributed by atoms with E-state index in [0.29, 0.717) is 0 Å². The molecule has 1 atom stereocenters. The standard InChI is InChI=1S/C35H46N4O2/c1-25-26(2)33-31(27(3)32(25)38-22-20-37(21-23-38)29-12-14-30(40-6)15-13-29)34(35(4,5)41-33)39-18-16-36(17-19-39)24-28-10-8-7-9-11-28/h7-15,34H,16-24H2,1-6H3. The van der Waals surface area contributed by atoms with E-state index in [0.717, 1.165) is 70.4 Å². The number of piperazine rings is 2. The van der Waals surface area contributed by atoms with E-state index in [2.05, 4.69) is 109 Å². The van der Waals surface area contributed by atoms with Crippen LogP contribution >= 0.6 is 0 Å². The molecule has 218 valence electrons. The van der Waals surface area contributed by atoms with Crippen molar-refractivity contribution >= 4 is 11.4 Å². The van der Waals surface area contributed by atoms with Crippen LogP contribution in [0.3, 0.4) is 0 Å². The summed E-state index contributed by atoms with van der Waals surface area (Å²) in [6.45, 7) is 20.8. The predicted octanol–water partition coefficient (Wildman–Crippen LogP) is 5.98. The Morgan fingerprint density at radius 1 is 0.756 bits per heavy atom. The van der Waals surface area contributed by atoms with Crippen LogP contribution in [-0.2, 0) is 6.54 Å². The molecule has 0 amide bonds. The minimum absolute atomic E-state index is 0.259. The quantitative estimate of drug-likeness (QED) is 0.373. The fraction of sp³-hybridized carbons (Fsp3) is 0.486. The van der Waals surface area contributed by atoms with Crippen molar-refractivity contribution in [1.29, 1.82) is 0 Å². The van der Waals surface area contributed by atoms with Crippen molar-refractivity contribution in [2.24, 2.45) is 0 Å². The lowest BCUT2D eigenvalue weighted by Gasteiger charge is -2.43. The van der Waals surface area contributed by atoms with Gasteiger partial charge in [-0.05, 0) is 81.1 Å². The van der Waals surface area contributed by atoms with E-state index in [9.17, 15) is 0 Å². The zero-order valence-electron chi connectivity index (χ0n) is 25.7. The molecule has 3 aromatic rings. The molecule has 0 radical (unpaired) electrons. The van der Waals surface area contributed by atoms with Crippen molar-refractivity contribution in [2.75, 3.05) is 69.3 Å². The highest BCUT2D eigenvalue weighted by molar-refractivity contribution is 5.71. The number of methoxy groups -OCH3 is 1. The van der Waals surface area contributed by atoms with Crippen LogP contribution in [0.15, 0.2) is 54.6 Å². The van der Waals surface area contributed by atoms with Gasteiger partial charge in [0.05, 0.1) is 13.2 Å². The first kappa shape index (κ1) is 27.9. The van der Waals surface area contributed by atoms with Gasteiger partial charge in [-0.15, -0.1) is 0 Å². The molecule has 6 heteroatoms. The molecule has 0 spiro atoms. The summed E-state index contributed by atoms with van der Waals surface area (Å²) in [6, 6.07) is 19.6. The second-order valence-corrected chi connectivity index (χ2v) is 12.5. The lowest BCUT2D eigenvalue weighted by atomic mass is 9.86. The summed E-state index contributed by atoms with van der Waals surface area (Å²) in [7, 11) is 1.72. The summed E-state index contributed by atoms with van der Waals surface area (Å²) in [5.41, 5.74) is 9.31. The van der Waals surface area contributed by atoms with Crippen LogP contribution in [0.2, 0.25) is 0 Å². The predicted molar refractivity (Wildman–Crippen MR) is 169 cm³/mol. The fourth-order valence-electron chi connectivity index (χ4n) is 7.36. The van der Waals surface area contributed by atoms with E-state index in [1.54, 1.807) is 7.11 Å². The molecule has 6 nitrogen and oxygen atoms in total. The zero-order chi connectivity index (χ0) is 28.7. The second kappa shape index (κ2) is 11.2. The Kier molecular flexibility index (Phi) is 7.64. The molecule has 3 aromatic carbocycles. The summed E-state index contributed by atoms with van der Waals surface area (Å²) < 4.78 is 12.2. The summed E-state index contributed by atoms with van der Waals surface area (Å²) >= 11 is 0. The van der Waals surface area contributed by atoms with Gasteiger partial charge in [0.1, 0.15) is 17.1 Å². The van der Waals surface area contributed by atoms with Crippen LogP contribution in [-0.4, -0.2) is 74.9 Å². The van der Waals surface area contributed by atoms with E-state index < -0.39 is 0 Å². The number of benzene rings is 3. The first-order chi connectivity index (χ1) is 19.8. The maximum Gasteiger partial charge on any atom is 0.128 e. The molecule has 2 fully saturated rings. The first-order valence-corrected chi connectivity index (χ1v) is 15.2. The van der Waals surface area contributed by atoms with Gasteiger partial charge in [-0.1, -0.05) is 30.3 Å². The largest absolute Gasteiger partial charge is 0.497 e. The Balaban J connectivity index is 1.22. The molecule has 41 heavy (non-hydrogen) atoms. The van der Waals surface area contributed by atoms with Crippen LogP contribution < -0.4 is 19.3 Å². The summed E-state index contributed by atoms with van der Waals surface area (Å²) in [4.78, 5) is 10.4. The molecule has 3 aliphatic rings. The van der Waals surface area contributed by atoms with Crippen LogP contribution in [0.1, 0.15) is 47.7 Å². The number of rotatable bonds is 6. The third-order valence-corrected chi connectivity index (χ3v) is 9.61. The lowest BCUT2D eigenvalue weighted by Crippen LogP contribution is -2.51. The molecule has 0 bridgehead atoms. The molecule has 6 rings (SSSR count). The van der Waals surface area contributed by atoms with Gasteiger partial charge in [0.25, 0.3) is 0 Å². The van der Waals surface area contributed by atoms with E-state index in [4.69, 9.17) is 9.47 Å². The van der Waals surface area contributed by atoms with E-state index in [1.807, 2.05) is 0 Å². The van der Waals surface area contributed by atoms with Gasteiger partial charge in [-0.2, -0.15) is 0 Å². The number of nitrogens with zero attached hydrogens (tertiary/aromatic N) is 4. The Morgan fingerprint density at radius 2 is 1.39 bits per heavy atom. The third-order valence-electron chi connectivity index (χ3n) is 9.61. The first-order valence-electron chi connectivity index (χ1n) is 15.2. The highest BCUT2D eigenvalue weighted by atomic mass is 16.5. The van der Waals surface area contributed by atoms with Crippen molar-refractivity contribution in [3.63, 3.8) is 0 Å².